The third-order valence-corrected chi connectivity index (χ3v) is 2.68. The smallest absolute Gasteiger partial charge is 0.250 e. The standard InChI is InChI=1S/C13H14N2O3/c1-17-13(18-2)10-7-6-8-4-3-5-9(12(14)16)11(8)15-10/h3-7,13H,1-2H3,(H2,14,16). The van der Waals surface area contributed by atoms with E-state index in [4.69, 9.17) is 15.2 Å². The molecule has 2 N–H and O–H groups in total. The summed E-state index contributed by atoms with van der Waals surface area (Å²) in [5.41, 5.74) is 6.87. The van der Waals surface area contributed by atoms with E-state index in [-0.39, 0.29) is 0 Å². The Bertz CT molecular complexity index is 579. The van der Waals surface area contributed by atoms with E-state index in [1.165, 1.54) is 14.2 Å². The first kappa shape index (κ1) is 12.5. The Balaban J connectivity index is 2.62. The quantitative estimate of drug-likeness (QED) is 0.832. The second kappa shape index (κ2) is 5.12. The predicted octanol–water partition coefficient (Wildman–Crippen LogP) is 1.63. The Labute approximate surface area is 105 Å². The lowest BCUT2D eigenvalue weighted by Gasteiger charge is -2.13. The summed E-state index contributed by atoms with van der Waals surface area (Å²) in [7, 11) is 3.06. The molecule has 18 heavy (non-hydrogen) atoms. The third-order valence-electron chi connectivity index (χ3n) is 2.68. The van der Waals surface area contributed by atoms with Crippen molar-refractivity contribution < 1.29 is 14.3 Å². The summed E-state index contributed by atoms with van der Waals surface area (Å²) in [6.45, 7) is 0. The first-order chi connectivity index (χ1) is 8.67. The number of nitrogens with zero attached hydrogens (tertiary/aromatic N) is 1. The van der Waals surface area contributed by atoms with Gasteiger partial charge >= 0.3 is 0 Å². The van der Waals surface area contributed by atoms with E-state index in [1.807, 2.05) is 12.1 Å². The molecule has 0 spiro atoms. The molecule has 2 aromatic rings. The molecule has 0 atom stereocenters. The Morgan fingerprint density at radius 2 is 1.94 bits per heavy atom. The molecule has 1 heterocycles. The zero-order valence-corrected chi connectivity index (χ0v) is 10.2. The van der Waals surface area contributed by atoms with Gasteiger partial charge in [-0.25, -0.2) is 4.98 Å². The topological polar surface area (TPSA) is 74.4 Å². The number of para-hydroxylation sites is 1. The molecule has 1 aromatic heterocycles. The van der Waals surface area contributed by atoms with Crippen molar-refractivity contribution in [3.05, 3.63) is 41.6 Å². The largest absolute Gasteiger partial charge is 0.366 e. The number of methoxy groups -OCH3 is 2. The Hall–Kier alpha value is -1.98. The van der Waals surface area contributed by atoms with E-state index >= 15 is 0 Å². The van der Waals surface area contributed by atoms with Gasteiger partial charge in [0.15, 0.2) is 0 Å². The number of carbonyl (C=O) groups excluding carboxylic acids is 1. The average molecular weight is 246 g/mol. The molecule has 1 aromatic carbocycles. The number of rotatable bonds is 4. The SMILES string of the molecule is COC(OC)c1ccc2cccc(C(N)=O)c2n1. The first-order valence-electron chi connectivity index (χ1n) is 5.42. The van der Waals surface area contributed by atoms with Crippen LogP contribution in [-0.2, 0) is 9.47 Å². The molecule has 0 saturated heterocycles. The number of ether oxygens (including phenoxy) is 2. The van der Waals surface area contributed by atoms with E-state index in [1.54, 1.807) is 18.2 Å². The van der Waals surface area contributed by atoms with Crippen LogP contribution >= 0.6 is 0 Å². The van der Waals surface area contributed by atoms with E-state index in [9.17, 15) is 4.79 Å². The van der Waals surface area contributed by atoms with Gasteiger partial charge in [0.25, 0.3) is 5.91 Å². The van der Waals surface area contributed by atoms with Gasteiger partial charge in [0.05, 0.1) is 16.8 Å². The number of benzene rings is 1. The van der Waals surface area contributed by atoms with Crippen LogP contribution in [-0.4, -0.2) is 25.1 Å². The van der Waals surface area contributed by atoms with Crippen LogP contribution < -0.4 is 5.73 Å². The summed E-state index contributed by atoms with van der Waals surface area (Å²) in [6, 6.07) is 8.94. The number of hydrogen-bond acceptors (Lipinski definition) is 4. The van der Waals surface area contributed by atoms with Crippen molar-refractivity contribution in [3.8, 4) is 0 Å². The van der Waals surface area contributed by atoms with Crippen LogP contribution in [0.15, 0.2) is 30.3 Å². The Kier molecular flexibility index (Phi) is 3.55. The molecule has 0 aliphatic heterocycles. The van der Waals surface area contributed by atoms with Crippen molar-refractivity contribution in [3.63, 3.8) is 0 Å². The molecule has 1 amide bonds. The molecule has 5 heteroatoms. The first-order valence-corrected chi connectivity index (χ1v) is 5.42. The van der Waals surface area contributed by atoms with Crippen LogP contribution in [0, 0.1) is 0 Å². The van der Waals surface area contributed by atoms with Crippen molar-refractivity contribution in [1.82, 2.24) is 4.98 Å². The average Bonchev–Trinajstić information content (AvgIpc) is 2.39. The maximum absolute atomic E-state index is 11.4. The monoisotopic (exact) mass is 246 g/mol. The molecule has 0 aliphatic carbocycles. The fourth-order valence-corrected chi connectivity index (χ4v) is 1.83. The molecule has 0 radical (unpaired) electrons. The van der Waals surface area contributed by atoms with E-state index in [2.05, 4.69) is 4.98 Å². The highest BCUT2D eigenvalue weighted by Gasteiger charge is 2.13. The number of amides is 1. The molecule has 0 bridgehead atoms. The summed E-state index contributed by atoms with van der Waals surface area (Å²) < 4.78 is 10.3. The summed E-state index contributed by atoms with van der Waals surface area (Å²) in [5, 5.41) is 0.848. The third kappa shape index (κ3) is 2.18. The van der Waals surface area contributed by atoms with E-state index in [0.717, 1.165) is 5.39 Å². The summed E-state index contributed by atoms with van der Waals surface area (Å²) in [4.78, 5) is 15.7. The van der Waals surface area contributed by atoms with Gasteiger partial charge in [0, 0.05) is 19.6 Å². The number of carbonyl (C=O) groups is 1. The number of primary amides is 1. The molecule has 2 rings (SSSR count). The van der Waals surface area contributed by atoms with Gasteiger partial charge in [0.1, 0.15) is 0 Å². The van der Waals surface area contributed by atoms with Crippen LogP contribution in [0.1, 0.15) is 22.3 Å². The minimum Gasteiger partial charge on any atom is -0.366 e. The second-order valence-corrected chi connectivity index (χ2v) is 3.78. The van der Waals surface area contributed by atoms with Gasteiger partial charge in [-0.05, 0) is 12.1 Å². The lowest BCUT2D eigenvalue weighted by Crippen LogP contribution is -2.13. The number of pyridine rings is 1. The van der Waals surface area contributed by atoms with Crippen molar-refractivity contribution in [2.24, 2.45) is 5.73 Å². The maximum Gasteiger partial charge on any atom is 0.250 e. The summed E-state index contributed by atoms with van der Waals surface area (Å²) in [6.07, 6.45) is -0.560. The predicted molar refractivity (Wildman–Crippen MR) is 67.0 cm³/mol. The molecular formula is C13H14N2O3. The molecule has 0 unspecified atom stereocenters. The zero-order valence-electron chi connectivity index (χ0n) is 10.2. The van der Waals surface area contributed by atoms with E-state index in [0.29, 0.717) is 16.8 Å². The lowest BCUT2D eigenvalue weighted by atomic mass is 10.1. The van der Waals surface area contributed by atoms with Gasteiger partial charge in [-0.1, -0.05) is 18.2 Å². The van der Waals surface area contributed by atoms with Gasteiger partial charge in [-0.3, -0.25) is 4.79 Å². The van der Waals surface area contributed by atoms with Crippen LogP contribution in [0.25, 0.3) is 10.9 Å². The molecule has 94 valence electrons. The van der Waals surface area contributed by atoms with Crippen molar-refractivity contribution in [1.29, 1.82) is 0 Å². The zero-order chi connectivity index (χ0) is 13.1. The number of aromatic nitrogens is 1. The fourth-order valence-electron chi connectivity index (χ4n) is 1.83. The molecule has 0 saturated carbocycles. The van der Waals surface area contributed by atoms with Gasteiger partial charge in [-0.15, -0.1) is 0 Å². The number of fused-ring (bicyclic) bond motifs is 1. The minimum absolute atomic E-state index is 0.389. The van der Waals surface area contributed by atoms with Crippen molar-refractivity contribution >= 4 is 16.8 Å². The highest BCUT2D eigenvalue weighted by Crippen LogP contribution is 2.21. The molecule has 0 aliphatic rings. The minimum atomic E-state index is -0.560. The maximum atomic E-state index is 11.4. The van der Waals surface area contributed by atoms with Crippen LogP contribution in [0.2, 0.25) is 0 Å². The molecule has 5 nitrogen and oxygen atoms in total. The summed E-state index contributed by atoms with van der Waals surface area (Å²) >= 11 is 0. The highest BCUT2D eigenvalue weighted by atomic mass is 16.7. The van der Waals surface area contributed by atoms with Gasteiger partial charge in [-0.2, -0.15) is 0 Å². The van der Waals surface area contributed by atoms with Crippen molar-refractivity contribution in [2.45, 2.75) is 6.29 Å². The molecule has 0 fully saturated rings. The highest BCUT2D eigenvalue weighted by molar-refractivity contribution is 6.04. The number of hydrogen-bond donors (Lipinski definition) is 1. The molecular weight excluding hydrogens is 232 g/mol. The Morgan fingerprint density at radius 1 is 1.22 bits per heavy atom. The van der Waals surface area contributed by atoms with Crippen LogP contribution in [0.4, 0.5) is 0 Å². The van der Waals surface area contributed by atoms with Crippen molar-refractivity contribution in [2.75, 3.05) is 14.2 Å². The van der Waals surface area contributed by atoms with Gasteiger partial charge in [0.2, 0.25) is 6.29 Å². The fraction of sp³-hybridized carbons (Fsp3) is 0.231. The summed E-state index contributed by atoms with van der Waals surface area (Å²) in [5.74, 6) is -0.503. The van der Waals surface area contributed by atoms with Gasteiger partial charge < -0.3 is 15.2 Å². The number of nitrogens with two attached hydrogens (primary N) is 1. The second-order valence-electron chi connectivity index (χ2n) is 3.78. The Morgan fingerprint density at radius 3 is 2.56 bits per heavy atom. The lowest BCUT2D eigenvalue weighted by molar-refractivity contribution is -0.108. The normalized spacial score (nSPS) is 11.1. The van der Waals surface area contributed by atoms with Crippen LogP contribution in [0.3, 0.4) is 0 Å². The van der Waals surface area contributed by atoms with E-state index < -0.39 is 12.2 Å². The van der Waals surface area contributed by atoms with Crippen LogP contribution in [0.5, 0.6) is 0 Å².